The summed E-state index contributed by atoms with van der Waals surface area (Å²) in [4.78, 5) is 16.8. The van der Waals surface area contributed by atoms with Crippen LogP contribution in [0.2, 0.25) is 10.0 Å². The number of carbonyl (C=O) groups excluding carboxylic acids is 1. The number of halogens is 2. The van der Waals surface area contributed by atoms with E-state index >= 15 is 0 Å². The molecule has 2 aromatic rings. The molecular weight excluding hydrogens is 357 g/mol. The van der Waals surface area contributed by atoms with Gasteiger partial charge in [0.15, 0.2) is 0 Å². The second-order valence-corrected chi connectivity index (χ2v) is 7.11. The van der Waals surface area contributed by atoms with Gasteiger partial charge in [0.25, 0.3) is 0 Å². The van der Waals surface area contributed by atoms with E-state index in [1.807, 2.05) is 24.3 Å². The Balaban J connectivity index is 1.42. The fourth-order valence-electron chi connectivity index (χ4n) is 2.92. The van der Waals surface area contributed by atoms with E-state index in [2.05, 4.69) is 27.2 Å². The molecule has 1 heterocycles. The largest absolute Gasteiger partial charge is 0.325 e. The Morgan fingerprint density at radius 2 is 1.60 bits per heavy atom. The second-order valence-electron chi connectivity index (χ2n) is 6.24. The number of hydrogen-bond acceptors (Lipinski definition) is 3. The Kier molecular flexibility index (Phi) is 6.32. The first-order valence-electron chi connectivity index (χ1n) is 8.33. The average molecular weight is 378 g/mol. The van der Waals surface area contributed by atoms with Crippen LogP contribution in [0.5, 0.6) is 0 Å². The summed E-state index contributed by atoms with van der Waals surface area (Å²) in [6, 6.07) is 15.2. The van der Waals surface area contributed by atoms with Gasteiger partial charge in [0, 0.05) is 48.5 Å². The molecule has 0 unspecified atom stereocenters. The molecule has 0 atom stereocenters. The highest BCUT2D eigenvalue weighted by Gasteiger charge is 2.19. The van der Waals surface area contributed by atoms with E-state index in [0.717, 1.165) is 43.4 Å². The molecule has 4 nitrogen and oxygen atoms in total. The fourth-order valence-corrected chi connectivity index (χ4v) is 3.24. The first-order chi connectivity index (χ1) is 12.1. The van der Waals surface area contributed by atoms with Crippen LogP contribution in [0, 0.1) is 0 Å². The lowest BCUT2D eigenvalue weighted by molar-refractivity contribution is -0.117. The third kappa shape index (κ3) is 5.72. The normalized spacial score (nSPS) is 15.9. The third-order valence-electron chi connectivity index (χ3n) is 4.26. The number of nitrogens with zero attached hydrogens (tertiary/aromatic N) is 2. The highest BCUT2D eigenvalue weighted by atomic mass is 35.5. The fraction of sp³-hybridized carbons (Fsp3) is 0.316. The zero-order chi connectivity index (χ0) is 17.6. The number of rotatable bonds is 5. The second kappa shape index (κ2) is 8.68. The number of hydrogen-bond donors (Lipinski definition) is 1. The zero-order valence-electron chi connectivity index (χ0n) is 13.9. The molecular formula is C19H21Cl2N3O. The zero-order valence-corrected chi connectivity index (χ0v) is 15.4. The quantitative estimate of drug-likeness (QED) is 0.861. The number of anilines is 1. The lowest BCUT2D eigenvalue weighted by Gasteiger charge is -2.34. The minimum atomic E-state index is -0.00609. The number of nitrogens with one attached hydrogen (secondary N) is 1. The van der Waals surface area contributed by atoms with Gasteiger partial charge in [-0.3, -0.25) is 14.6 Å². The number of amides is 1. The summed E-state index contributed by atoms with van der Waals surface area (Å²) in [5, 5.41) is 4.28. The van der Waals surface area contributed by atoms with Crippen LogP contribution < -0.4 is 5.32 Å². The summed E-state index contributed by atoms with van der Waals surface area (Å²) >= 11 is 11.9. The van der Waals surface area contributed by atoms with Crippen molar-refractivity contribution in [1.82, 2.24) is 9.80 Å². The summed E-state index contributed by atoms with van der Waals surface area (Å²) in [5.41, 5.74) is 2.00. The topological polar surface area (TPSA) is 35.6 Å². The molecule has 0 aromatic heterocycles. The Morgan fingerprint density at radius 1 is 0.920 bits per heavy atom. The molecule has 0 radical (unpaired) electrons. The molecule has 1 aliphatic heterocycles. The highest BCUT2D eigenvalue weighted by molar-refractivity contribution is 6.31. The molecule has 0 saturated carbocycles. The summed E-state index contributed by atoms with van der Waals surface area (Å²) in [6.07, 6.45) is 0. The SMILES string of the molecule is O=C(CN1CCN(Cc2ccc(Cl)cc2)CC1)Nc1cccc(Cl)c1. The van der Waals surface area contributed by atoms with E-state index < -0.39 is 0 Å². The lowest BCUT2D eigenvalue weighted by Crippen LogP contribution is -2.48. The van der Waals surface area contributed by atoms with Crippen molar-refractivity contribution in [3.63, 3.8) is 0 Å². The maximum atomic E-state index is 12.2. The molecule has 25 heavy (non-hydrogen) atoms. The van der Waals surface area contributed by atoms with Crippen molar-refractivity contribution >= 4 is 34.8 Å². The maximum Gasteiger partial charge on any atom is 0.238 e. The molecule has 2 aromatic carbocycles. The maximum absolute atomic E-state index is 12.2. The Labute approximate surface area is 158 Å². The van der Waals surface area contributed by atoms with Gasteiger partial charge >= 0.3 is 0 Å². The van der Waals surface area contributed by atoms with Crippen molar-refractivity contribution < 1.29 is 4.79 Å². The third-order valence-corrected chi connectivity index (χ3v) is 4.75. The molecule has 1 amide bonds. The van der Waals surface area contributed by atoms with Crippen LogP contribution in [-0.2, 0) is 11.3 Å². The predicted molar refractivity (Wildman–Crippen MR) is 103 cm³/mol. The molecule has 0 bridgehead atoms. The van der Waals surface area contributed by atoms with E-state index in [9.17, 15) is 4.79 Å². The number of carbonyl (C=O) groups is 1. The molecule has 1 saturated heterocycles. The van der Waals surface area contributed by atoms with Crippen LogP contribution in [-0.4, -0.2) is 48.4 Å². The van der Waals surface area contributed by atoms with Crippen LogP contribution >= 0.6 is 23.2 Å². The molecule has 0 spiro atoms. The van der Waals surface area contributed by atoms with Crippen LogP contribution in [0.15, 0.2) is 48.5 Å². The smallest absolute Gasteiger partial charge is 0.238 e. The molecule has 3 rings (SSSR count). The predicted octanol–water partition coefficient (Wildman–Crippen LogP) is 3.75. The van der Waals surface area contributed by atoms with Crippen LogP contribution in [0.3, 0.4) is 0 Å². The van der Waals surface area contributed by atoms with Gasteiger partial charge in [-0.25, -0.2) is 0 Å². The van der Waals surface area contributed by atoms with Crippen LogP contribution in [0.1, 0.15) is 5.56 Å². The highest BCUT2D eigenvalue weighted by Crippen LogP contribution is 2.15. The summed E-state index contributed by atoms with van der Waals surface area (Å²) < 4.78 is 0. The average Bonchev–Trinajstić information content (AvgIpc) is 2.59. The van der Waals surface area contributed by atoms with Crippen molar-refractivity contribution in [3.8, 4) is 0 Å². The first-order valence-corrected chi connectivity index (χ1v) is 9.09. The van der Waals surface area contributed by atoms with Crippen molar-refractivity contribution in [2.24, 2.45) is 0 Å². The number of piperazine rings is 1. The van der Waals surface area contributed by atoms with Gasteiger partial charge in [-0.05, 0) is 35.9 Å². The van der Waals surface area contributed by atoms with Gasteiger partial charge in [-0.1, -0.05) is 41.4 Å². The Hall–Kier alpha value is -1.59. The van der Waals surface area contributed by atoms with Crippen molar-refractivity contribution in [3.05, 3.63) is 64.1 Å². The molecule has 1 aliphatic rings. The molecule has 1 fully saturated rings. The van der Waals surface area contributed by atoms with E-state index in [4.69, 9.17) is 23.2 Å². The van der Waals surface area contributed by atoms with Crippen molar-refractivity contribution in [2.75, 3.05) is 38.0 Å². The first kappa shape index (κ1) is 18.2. The van der Waals surface area contributed by atoms with E-state index in [0.29, 0.717) is 11.6 Å². The van der Waals surface area contributed by atoms with Gasteiger partial charge in [-0.2, -0.15) is 0 Å². The summed E-state index contributed by atoms with van der Waals surface area (Å²) in [5.74, 6) is -0.00609. The van der Waals surface area contributed by atoms with Crippen molar-refractivity contribution in [1.29, 1.82) is 0 Å². The van der Waals surface area contributed by atoms with Crippen LogP contribution in [0.4, 0.5) is 5.69 Å². The monoisotopic (exact) mass is 377 g/mol. The lowest BCUT2D eigenvalue weighted by atomic mass is 10.2. The number of benzene rings is 2. The molecule has 6 heteroatoms. The van der Waals surface area contributed by atoms with Gasteiger partial charge in [0.2, 0.25) is 5.91 Å². The van der Waals surface area contributed by atoms with Crippen molar-refractivity contribution in [2.45, 2.75) is 6.54 Å². The van der Waals surface area contributed by atoms with Gasteiger partial charge in [-0.15, -0.1) is 0 Å². The van der Waals surface area contributed by atoms with Gasteiger partial charge in [0.05, 0.1) is 6.54 Å². The Bertz CT molecular complexity index is 713. The Morgan fingerprint density at radius 3 is 2.28 bits per heavy atom. The van der Waals surface area contributed by atoms with E-state index in [1.165, 1.54) is 5.56 Å². The molecule has 132 valence electrons. The van der Waals surface area contributed by atoms with E-state index in [1.54, 1.807) is 12.1 Å². The van der Waals surface area contributed by atoms with E-state index in [-0.39, 0.29) is 5.91 Å². The molecule has 0 aliphatic carbocycles. The van der Waals surface area contributed by atoms with Crippen LogP contribution in [0.25, 0.3) is 0 Å². The standard InChI is InChI=1S/C19H21Cl2N3O/c20-16-6-4-15(5-7-16)13-23-8-10-24(11-9-23)14-19(25)22-18-3-1-2-17(21)12-18/h1-7,12H,8-11,13-14H2,(H,22,25). The minimum Gasteiger partial charge on any atom is -0.325 e. The minimum absolute atomic E-state index is 0.00609. The van der Waals surface area contributed by atoms with Gasteiger partial charge in [0.1, 0.15) is 0 Å². The van der Waals surface area contributed by atoms with Gasteiger partial charge < -0.3 is 5.32 Å². The summed E-state index contributed by atoms with van der Waals surface area (Å²) in [7, 11) is 0. The molecule has 1 N–H and O–H groups in total. The summed E-state index contributed by atoms with van der Waals surface area (Å²) in [6.45, 7) is 4.99.